The molecular weight excluding hydrogens is 228 g/mol. The molecule has 2 rings (SSSR count). The molecule has 0 unspecified atom stereocenters. The third kappa shape index (κ3) is 2.47. The number of hydrogen-bond donors (Lipinski definition) is 1. The first-order valence-electron chi connectivity index (χ1n) is 5.20. The number of aromatic nitrogens is 2. The first kappa shape index (κ1) is 11.7. The van der Waals surface area contributed by atoms with Crippen LogP contribution in [0.5, 0.6) is 0 Å². The van der Waals surface area contributed by atoms with Gasteiger partial charge in [-0.15, -0.1) is 0 Å². The van der Waals surface area contributed by atoms with Gasteiger partial charge in [-0.25, -0.2) is 8.78 Å². The van der Waals surface area contributed by atoms with Crippen LogP contribution in [0, 0.1) is 11.6 Å². The van der Waals surface area contributed by atoms with Gasteiger partial charge in [0, 0.05) is 0 Å². The highest BCUT2D eigenvalue weighted by molar-refractivity contribution is 5.54. The maximum Gasteiger partial charge on any atom is 0.263 e. The zero-order valence-electron chi connectivity index (χ0n) is 9.20. The molecule has 0 aliphatic heterocycles. The summed E-state index contributed by atoms with van der Waals surface area (Å²) >= 11 is 0. The Hall–Kier alpha value is -1.82. The van der Waals surface area contributed by atoms with Crippen molar-refractivity contribution in [2.45, 2.75) is 13.5 Å². The first-order valence-corrected chi connectivity index (χ1v) is 5.20. The van der Waals surface area contributed by atoms with Crippen LogP contribution in [0.15, 0.2) is 22.7 Å². The Morgan fingerprint density at radius 1 is 1.29 bits per heavy atom. The third-order valence-electron chi connectivity index (χ3n) is 2.18. The van der Waals surface area contributed by atoms with Crippen molar-refractivity contribution in [1.82, 2.24) is 15.5 Å². The second-order valence-electron chi connectivity index (χ2n) is 3.39. The lowest BCUT2D eigenvalue weighted by Gasteiger charge is -1.97. The van der Waals surface area contributed by atoms with E-state index in [0.717, 1.165) is 18.7 Å². The highest BCUT2D eigenvalue weighted by Crippen LogP contribution is 2.23. The molecule has 2 aromatic rings. The summed E-state index contributed by atoms with van der Waals surface area (Å²) in [6, 6.07) is 3.57. The van der Waals surface area contributed by atoms with Crippen molar-refractivity contribution in [2.24, 2.45) is 0 Å². The van der Waals surface area contributed by atoms with E-state index in [-0.39, 0.29) is 11.5 Å². The minimum atomic E-state index is -0.719. The Morgan fingerprint density at radius 3 is 2.65 bits per heavy atom. The third-order valence-corrected chi connectivity index (χ3v) is 2.18. The van der Waals surface area contributed by atoms with Crippen LogP contribution in [0.4, 0.5) is 8.78 Å². The zero-order valence-corrected chi connectivity index (χ0v) is 9.20. The van der Waals surface area contributed by atoms with Gasteiger partial charge >= 0.3 is 0 Å². The van der Waals surface area contributed by atoms with E-state index in [9.17, 15) is 8.78 Å². The monoisotopic (exact) mass is 239 g/mol. The van der Waals surface area contributed by atoms with E-state index >= 15 is 0 Å². The van der Waals surface area contributed by atoms with E-state index in [0.29, 0.717) is 12.4 Å². The minimum Gasteiger partial charge on any atom is -0.334 e. The summed E-state index contributed by atoms with van der Waals surface area (Å²) < 4.78 is 31.7. The predicted molar refractivity (Wildman–Crippen MR) is 57.0 cm³/mol. The van der Waals surface area contributed by atoms with Gasteiger partial charge in [0.2, 0.25) is 0 Å². The highest BCUT2D eigenvalue weighted by Gasteiger charge is 2.17. The van der Waals surface area contributed by atoms with E-state index in [2.05, 4.69) is 15.5 Å². The van der Waals surface area contributed by atoms with Gasteiger partial charge in [0.25, 0.3) is 5.89 Å². The summed E-state index contributed by atoms with van der Waals surface area (Å²) in [4.78, 5) is 3.92. The molecule has 0 saturated heterocycles. The molecule has 1 aromatic heterocycles. The van der Waals surface area contributed by atoms with Crippen LogP contribution in [-0.4, -0.2) is 16.7 Å². The minimum absolute atomic E-state index is 0.145. The van der Waals surface area contributed by atoms with Crippen molar-refractivity contribution in [3.8, 4) is 11.5 Å². The van der Waals surface area contributed by atoms with Gasteiger partial charge in [-0.1, -0.05) is 18.1 Å². The normalized spacial score (nSPS) is 10.8. The average Bonchev–Trinajstić information content (AvgIpc) is 2.75. The lowest BCUT2D eigenvalue weighted by Crippen LogP contribution is -2.12. The number of rotatable bonds is 4. The molecule has 1 heterocycles. The molecule has 6 heteroatoms. The van der Waals surface area contributed by atoms with Gasteiger partial charge in [-0.3, -0.25) is 0 Å². The Labute approximate surface area is 96.6 Å². The van der Waals surface area contributed by atoms with Crippen LogP contribution in [-0.2, 0) is 6.54 Å². The Kier molecular flexibility index (Phi) is 3.43. The van der Waals surface area contributed by atoms with E-state index in [1.165, 1.54) is 6.07 Å². The first-order chi connectivity index (χ1) is 8.22. The fourth-order valence-corrected chi connectivity index (χ4v) is 1.37. The fourth-order valence-electron chi connectivity index (χ4n) is 1.37. The van der Waals surface area contributed by atoms with Crippen LogP contribution < -0.4 is 5.32 Å². The van der Waals surface area contributed by atoms with Gasteiger partial charge in [0.05, 0.1) is 6.54 Å². The van der Waals surface area contributed by atoms with Gasteiger partial charge in [-0.2, -0.15) is 4.98 Å². The van der Waals surface area contributed by atoms with Crippen LogP contribution in [0.1, 0.15) is 12.7 Å². The smallest absolute Gasteiger partial charge is 0.263 e. The van der Waals surface area contributed by atoms with E-state index in [4.69, 9.17) is 4.52 Å². The molecule has 0 radical (unpaired) electrons. The van der Waals surface area contributed by atoms with E-state index in [1.807, 2.05) is 6.92 Å². The van der Waals surface area contributed by atoms with Crippen LogP contribution in [0.3, 0.4) is 0 Å². The number of hydrogen-bond acceptors (Lipinski definition) is 4. The van der Waals surface area contributed by atoms with Crippen molar-refractivity contribution in [2.75, 3.05) is 6.54 Å². The standard InChI is InChI=1S/C11H11F2N3O/c1-2-14-6-9-15-11(17-16-9)10-7(12)4-3-5-8(10)13/h3-5,14H,2,6H2,1H3. The number of nitrogens with zero attached hydrogens (tertiary/aromatic N) is 2. The van der Waals surface area contributed by atoms with Crippen molar-refractivity contribution < 1.29 is 13.3 Å². The van der Waals surface area contributed by atoms with Crippen molar-refractivity contribution in [3.63, 3.8) is 0 Å². The predicted octanol–water partition coefficient (Wildman–Crippen LogP) is 2.12. The molecule has 90 valence electrons. The largest absolute Gasteiger partial charge is 0.334 e. The molecule has 0 bridgehead atoms. The second kappa shape index (κ2) is 5.01. The molecule has 0 aliphatic rings. The van der Waals surface area contributed by atoms with Crippen LogP contribution in [0.2, 0.25) is 0 Å². The van der Waals surface area contributed by atoms with E-state index in [1.54, 1.807) is 0 Å². The number of halogens is 2. The molecule has 0 amide bonds. The summed E-state index contributed by atoms with van der Waals surface area (Å²) in [5.74, 6) is -1.22. The lowest BCUT2D eigenvalue weighted by atomic mass is 10.2. The molecule has 1 N–H and O–H groups in total. The van der Waals surface area contributed by atoms with Gasteiger partial charge < -0.3 is 9.84 Å². The SMILES string of the molecule is CCNCc1noc(-c2c(F)cccc2F)n1. The van der Waals surface area contributed by atoms with Gasteiger partial charge in [0.1, 0.15) is 17.2 Å². The number of nitrogens with one attached hydrogen (secondary N) is 1. The molecule has 17 heavy (non-hydrogen) atoms. The van der Waals surface area contributed by atoms with Crippen molar-refractivity contribution in [3.05, 3.63) is 35.7 Å². The molecule has 0 fully saturated rings. The Bertz CT molecular complexity index is 493. The van der Waals surface area contributed by atoms with Crippen molar-refractivity contribution >= 4 is 0 Å². The highest BCUT2D eigenvalue weighted by atomic mass is 19.1. The van der Waals surface area contributed by atoms with Gasteiger partial charge in [0.15, 0.2) is 5.82 Å². The summed E-state index contributed by atoms with van der Waals surface area (Å²) in [5, 5.41) is 6.62. The fraction of sp³-hybridized carbons (Fsp3) is 0.273. The molecule has 0 spiro atoms. The topological polar surface area (TPSA) is 51.0 Å². The summed E-state index contributed by atoms with van der Waals surface area (Å²) in [6.07, 6.45) is 0. The molecule has 0 saturated carbocycles. The average molecular weight is 239 g/mol. The van der Waals surface area contributed by atoms with Crippen LogP contribution in [0.25, 0.3) is 11.5 Å². The van der Waals surface area contributed by atoms with Crippen molar-refractivity contribution in [1.29, 1.82) is 0 Å². The molecule has 0 aliphatic carbocycles. The molecule has 0 atom stereocenters. The second-order valence-corrected chi connectivity index (χ2v) is 3.39. The number of benzene rings is 1. The molecule has 4 nitrogen and oxygen atoms in total. The molecular formula is C11H11F2N3O. The van der Waals surface area contributed by atoms with Gasteiger partial charge in [-0.05, 0) is 18.7 Å². The molecule has 1 aromatic carbocycles. The summed E-state index contributed by atoms with van der Waals surface area (Å²) in [5.41, 5.74) is -0.289. The van der Waals surface area contributed by atoms with E-state index < -0.39 is 11.6 Å². The Morgan fingerprint density at radius 2 is 2.00 bits per heavy atom. The van der Waals surface area contributed by atoms with Crippen LogP contribution >= 0.6 is 0 Å². The zero-order chi connectivity index (χ0) is 12.3. The summed E-state index contributed by atoms with van der Waals surface area (Å²) in [6.45, 7) is 3.07. The maximum absolute atomic E-state index is 13.4. The maximum atomic E-state index is 13.4. The lowest BCUT2D eigenvalue weighted by molar-refractivity contribution is 0.415. The quantitative estimate of drug-likeness (QED) is 0.887. The summed E-state index contributed by atoms with van der Waals surface area (Å²) in [7, 11) is 0. The Balaban J connectivity index is 2.30.